The van der Waals surface area contributed by atoms with Crippen LogP contribution >= 0.6 is 0 Å². The molecule has 210 valence electrons. The maximum atomic E-state index is 13.7. The molecule has 13 nitrogen and oxygen atoms in total. The van der Waals surface area contributed by atoms with Crippen molar-refractivity contribution in [2.45, 2.75) is 74.8 Å². The smallest absolute Gasteiger partial charge is 0.252 e. The van der Waals surface area contributed by atoms with Gasteiger partial charge in [0, 0.05) is 18.9 Å². The third-order valence-corrected chi connectivity index (χ3v) is 7.45. The molecule has 4 N–H and O–H groups in total. The van der Waals surface area contributed by atoms with Crippen molar-refractivity contribution >= 4 is 5.91 Å². The van der Waals surface area contributed by atoms with E-state index in [2.05, 4.69) is 25.9 Å². The SMILES string of the molecule is CO[C@@H]1[C@@H](n2cc(-c3cccc(F)c3)nn2)[C@@H](O)[C@@H](CO)O[C@H]1C(=O)N[C@@H]1CCC[C@H](n2cc(C)nn2)[C@H]1O. The fraction of sp³-hybridized carbons (Fsp3) is 0.560. The number of aliphatic hydroxyl groups excluding tert-OH is 3. The summed E-state index contributed by atoms with van der Waals surface area (Å²) in [7, 11) is 1.37. The highest BCUT2D eigenvalue weighted by atomic mass is 19.1. The van der Waals surface area contributed by atoms with Crippen molar-refractivity contribution in [3.05, 3.63) is 48.2 Å². The zero-order valence-corrected chi connectivity index (χ0v) is 21.5. The predicted molar refractivity (Wildman–Crippen MR) is 133 cm³/mol. The van der Waals surface area contributed by atoms with Crippen LogP contribution in [0.4, 0.5) is 4.39 Å². The molecule has 3 aromatic rings. The van der Waals surface area contributed by atoms with Crippen LogP contribution in [0.2, 0.25) is 0 Å². The highest BCUT2D eigenvalue weighted by Crippen LogP contribution is 2.34. The molecule has 0 unspecified atom stereocenters. The summed E-state index contributed by atoms with van der Waals surface area (Å²) >= 11 is 0. The number of methoxy groups -OCH3 is 1. The number of aromatic nitrogens is 6. The van der Waals surface area contributed by atoms with Crippen LogP contribution in [0.3, 0.4) is 0 Å². The quantitative estimate of drug-likeness (QED) is 0.315. The predicted octanol–water partition coefficient (Wildman–Crippen LogP) is -0.0683. The average Bonchev–Trinajstić information content (AvgIpc) is 3.59. The molecule has 3 heterocycles. The van der Waals surface area contributed by atoms with Gasteiger partial charge in [-0.2, -0.15) is 0 Å². The van der Waals surface area contributed by atoms with Crippen molar-refractivity contribution in [3.8, 4) is 11.3 Å². The molecule has 1 amide bonds. The maximum Gasteiger partial charge on any atom is 0.252 e. The number of aliphatic hydroxyl groups is 3. The first-order valence-electron chi connectivity index (χ1n) is 12.8. The molecule has 0 radical (unpaired) electrons. The molecular weight excluding hydrogens is 513 g/mol. The number of halogens is 1. The van der Waals surface area contributed by atoms with Gasteiger partial charge < -0.3 is 30.1 Å². The van der Waals surface area contributed by atoms with Crippen LogP contribution in [-0.4, -0.2) is 101 Å². The van der Waals surface area contributed by atoms with E-state index in [4.69, 9.17) is 9.47 Å². The number of hydrogen-bond donors (Lipinski definition) is 4. The molecule has 1 saturated carbocycles. The standard InChI is InChI=1S/C25H32FN7O6/c1-13-10-32(30-28-13)18-8-4-7-16(21(18)35)27-25(37)24-23(38-2)20(22(36)19(12-34)39-24)33-11-17(29-31-33)14-5-3-6-15(26)9-14/h3,5-6,9-11,16,18-24,34-36H,4,7-8,12H2,1-2H3,(H,27,37)/t16-,18+,19-,20+,21+,22+,23-,24-/m1/s1. The second kappa shape index (κ2) is 11.4. The summed E-state index contributed by atoms with van der Waals surface area (Å²) < 4.78 is 28.1. The van der Waals surface area contributed by atoms with Crippen molar-refractivity contribution in [1.29, 1.82) is 0 Å². The third-order valence-electron chi connectivity index (χ3n) is 7.45. The van der Waals surface area contributed by atoms with Crippen molar-refractivity contribution in [1.82, 2.24) is 35.3 Å². The van der Waals surface area contributed by atoms with Crippen LogP contribution in [-0.2, 0) is 14.3 Å². The Labute approximate surface area is 223 Å². The molecule has 8 atom stereocenters. The first-order chi connectivity index (χ1) is 18.8. The van der Waals surface area contributed by atoms with E-state index in [9.17, 15) is 24.5 Å². The summed E-state index contributed by atoms with van der Waals surface area (Å²) in [5.41, 5.74) is 1.55. The molecular formula is C25H32FN7O6. The monoisotopic (exact) mass is 545 g/mol. The van der Waals surface area contributed by atoms with Crippen LogP contribution < -0.4 is 5.32 Å². The van der Waals surface area contributed by atoms with Gasteiger partial charge in [-0.1, -0.05) is 22.6 Å². The average molecular weight is 546 g/mol. The third kappa shape index (κ3) is 5.43. The summed E-state index contributed by atoms with van der Waals surface area (Å²) in [6.07, 6.45) is -0.402. The Morgan fingerprint density at radius 3 is 2.67 bits per heavy atom. The van der Waals surface area contributed by atoms with Gasteiger partial charge in [-0.05, 0) is 38.3 Å². The number of carbonyl (C=O) groups is 1. The van der Waals surface area contributed by atoms with Crippen LogP contribution in [0.5, 0.6) is 0 Å². The topological polar surface area (TPSA) is 170 Å². The van der Waals surface area contributed by atoms with Crippen molar-refractivity contribution < 1.29 is 34.0 Å². The number of carbonyl (C=O) groups excluding carboxylic acids is 1. The molecule has 2 fully saturated rings. The van der Waals surface area contributed by atoms with Gasteiger partial charge in [0.05, 0.1) is 36.7 Å². The highest BCUT2D eigenvalue weighted by Gasteiger charge is 2.50. The van der Waals surface area contributed by atoms with Gasteiger partial charge >= 0.3 is 0 Å². The van der Waals surface area contributed by atoms with E-state index in [0.717, 1.165) is 12.1 Å². The van der Waals surface area contributed by atoms with Gasteiger partial charge in [-0.15, -0.1) is 10.2 Å². The van der Waals surface area contributed by atoms with Gasteiger partial charge in [-0.25, -0.2) is 13.8 Å². The Morgan fingerprint density at radius 2 is 1.97 bits per heavy atom. The summed E-state index contributed by atoms with van der Waals surface area (Å²) in [6, 6.07) is 3.91. The Hall–Kier alpha value is -3.30. The lowest BCUT2D eigenvalue weighted by Gasteiger charge is -2.43. The Kier molecular flexibility index (Phi) is 8.00. The zero-order chi connectivity index (χ0) is 27.7. The lowest BCUT2D eigenvalue weighted by Crippen LogP contribution is -2.62. The second-order valence-corrected chi connectivity index (χ2v) is 10.00. The van der Waals surface area contributed by atoms with Crippen molar-refractivity contribution in [3.63, 3.8) is 0 Å². The Morgan fingerprint density at radius 1 is 1.18 bits per heavy atom. The highest BCUT2D eigenvalue weighted by molar-refractivity contribution is 5.82. The summed E-state index contributed by atoms with van der Waals surface area (Å²) in [6.45, 7) is 1.24. The zero-order valence-electron chi connectivity index (χ0n) is 21.5. The minimum absolute atomic E-state index is 0.351. The lowest BCUT2D eigenvalue weighted by molar-refractivity contribution is -0.213. The maximum absolute atomic E-state index is 13.7. The fourth-order valence-electron chi connectivity index (χ4n) is 5.47. The van der Waals surface area contributed by atoms with Gasteiger partial charge in [0.15, 0.2) is 6.10 Å². The van der Waals surface area contributed by atoms with Crippen molar-refractivity contribution in [2.75, 3.05) is 13.7 Å². The molecule has 2 aliphatic rings. The molecule has 1 saturated heterocycles. The number of hydrogen-bond acceptors (Lipinski definition) is 10. The summed E-state index contributed by atoms with van der Waals surface area (Å²) in [4.78, 5) is 13.5. The number of amides is 1. The summed E-state index contributed by atoms with van der Waals surface area (Å²) in [5, 5.41) is 51.2. The van der Waals surface area contributed by atoms with E-state index in [1.54, 1.807) is 23.0 Å². The Balaban J connectivity index is 1.37. The normalized spacial score (nSPS) is 31.2. The van der Waals surface area contributed by atoms with Crippen molar-refractivity contribution in [2.24, 2.45) is 0 Å². The molecule has 39 heavy (non-hydrogen) atoms. The fourth-order valence-corrected chi connectivity index (χ4v) is 5.47. The van der Waals surface area contributed by atoms with E-state index < -0.39 is 60.9 Å². The van der Waals surface area contributed by atoms with E-state index in [-0.39, 0.29) is 6.04 Å². The lowest BCUT2D eigenvalue weighted by atomic mass is 9.87. The molecule has 0 bridgehead atoms. The first kappa shape index (κ1) is 27.3. The number of ether oxygens (including phenoxy) is 2. The minimum Gasteiger partial charge on any atom is -0.394 e. The van der Waals surface area contributed by atoms with E-state index >= 15 is 0 Å². The van der Waals surface area contributed by atoms with E-state index in [1.165, 1.54) is 30.1 Å². The largest absolute Gasteiger partial charge is 0.394 e. The van der Waals surface area contributed by atoms with E-state index in [0.29, 0.717) is 24.1 Å². The number of nitrogens with one attached hydrogen (secondary N) is 1. The number of nitrogens with zero attached hydrogens (tertiary/aromatic N) is 6. The molecule has 0 spiro atoms. The first-order valence-corrected chi connectivity index (χ1v) is 12.8. The van der Waals surface area contributed by atoms with Gasteiger partial charge in [0.1, 0.15) is 35.9 Å². The van der Waals surface area contributed by atoms with Crippen LogP contribution in [0, 0.1) is 12.7 Å². The number of benzene rings is 1. The van der Waals surface area contributed by atoms with Crippen LogP contribution in [0.1, 0.15) is 37.0 Å². The van der Waals surface area contributed by atoms with Gasteiger partial charge in [0.25, 0.3) is 5.91 Å². The number of aryl methyl sites for hydroxylation is 1. The van der Waals surface area contributed by atoms with E-state index in [1.807, 2.05) is 6.92 Å². The van der Waals surface area contributed by atoms with Gasteiger partial charge in [-0.3, -0.25) is 4.79 Å². The molecule has 14 heteroatoms. The minimum atomic E-state index is -1.30. The van der Waals surface area contributed by atoms with Crippen LogP contribution in [0.15, 0.2) is 36.7 Å². The molecule has 5 rings (SSSR count). The molecule has 2 aromatic heterocycles. The number of rotatable bonds is 7. The molecule has 1 aliphatic heterocycles. The second-order valence-electron chi connectivity index (χ2n) is 10.00. The molecule has 1 aromatic carbocycles. The Bertz CT molecular complexity index is 1290. The van der Waals surface area contributed by atoms with Crippen LogP contribution in [0.25, 0.3) is 11.3 Å². The van der Waals surface area contributed by atoms with Gasteiger partial charge in [0.2, 0.25) is 0 Å². The molecule has 1 aliphatic carbocycles. The summed E-state index contributed by atoms with van der Waals surface area (Å²) in [5.74, 6) is -1.01.